The van der Waals surface area contributed by atoms with Gasteiger partial charge in [0, 0.05) is 18.0 Å². The summed E-state index contributed by atoms with van der Waals surface area (Å²) in [5, 5.41) is -0.350. The lowest BCUT2D eigenvalue weighted by Gasteiger charge is -2.37. The van der Waals surface area contributed by atoms with Crippen LogP contribution < -0.4 is 5.73 Å². The van der Waals surface area contributed by atoms with E-state index < -0.39 is 9.84 Å². The summed E-state index contributed by atoms with van der Waals surface area (Å²) in [7, 11) is -3.32. The molecule has 2 aliphatic heterocycles. The van der Waals surface area contributed by atoms with Crippen LogP contribution >= 0.6 is 11.8 Å². The van der Waals surface area contributed by atoms with E-state index in [1.807, 2.05) is 11.8 Å². The molecule has 1 spiro atoms. The van der Waals surface area contributed by atoms with Gasteiger partial charge in [-0.25, -0.2) is 8.42 Å². The summed E-state index contributed by atoms with van der Waals surface area (Å²) >= 11 is 1.85. The van der Waals surface area contributed by atoms with Gasteiger partial charge in [-0.15, -0.1) is 0 Å². The monoisotopic (exact) mass is 313 g/mol. The van der Waals surface area contributed by atoms with Gasteiger partial charge in [0.2, 0.25) is 0 Å². The van der Waals surface area contributed by atoms with Crippen molar-refractivity contribution >= 4 is 27.3 Å². The van der Waals surface area contributed by atoms with Crippen LogP contribution in [0.1, 0.15) is 19.3 Å². The van der Waals surface area contributed by atoms with Gasteiger partial charge in [0.05, 0.1) is 15.7 Å². The van der Waals surface area contributed by atoms with E-state index in [2.05, 4.69) is 0 Å². The zero-order chi connectivity index (χ0) is 14.2. The Kier molecular flexibility index (Phi) is 3.73. The van der Waals surface area contributed by atoms with E-state index in [1.54, 1.807) is 24.3 Å². The molecule has 3 rings (SSSR count). The molecule has 2 aliphatic rings. The maximum atomic E-state index is 12.8. The second-order valence-electron chi connectivity index (χ2n) is 5.57. The maximum absolute atomic E-state index is 12.8. The van der Waals surface area contributed by atoms with Gasteiger partial charge < -0.3 is 10.5 Å². The lowest BCUT2D eigenvalue weighted by Crippen LogP contribution is -2.44. The number of anilines is 1. The number of nitrogens with two attached hydrogens (primary N) is 1. The van der Waals surface area contributed by atoms with Gasteiger partial charge in [-0.3, -0.25) is 0 Å². The van der Waals surface area contributed by atoms with Crippen LogP contribution in [0.25, 0.3) is 0 Å². The van der Waals surface area contributed by atoms with Crippen molar-refractivity contribution in [2.75, 3.05) is 23.8 Å². The Labute approximate surface area is 124 Å². The van der Waals surface area contributed by atoms with Gasteiger partial charge in [-0.1, -0.05) is 6.07 Å². The van der Waals surface area contributed by atoms with E-state index in [-0.39, 0.29) is 10.9 Å². The molecule has 2 atom stereocenters. The van der Waals surface area contributed by atoms with Crippen LogP contribution in [0.2, 0.25) is 0 Å². The van der Waals surface area contributed by atoms with Crippen LogP contribution in [0, 0.1) is 0 Å². The van der Waals surface area contributed by atoms with E-state index in [0.29, 0.717) is 30.0 Å². The fraction of sp³-hybridized carbons (Fsp3) is 0.571. The number of benzene rings is 1. The Hall–Kier alpha value is -0.720. The van der Waals surface area contributed by atoms with E-state index >= 15 is 0 Å². The summed E-state index contributed by atoms with van der Waals surface area (Å²) < 4.78 is 31.4. The molecule has 110 valence electrons. The van der Waals surface area contributed by atoms with Crippen LogP contribution in [0.5, 0.6) is 0 Å². The Morgan fingerprint density at radius 3 is 2.95 bits per heavy atom. The SMILES string of the molecule is Nc1cccc(S(=O)(=O)C2CCOC3(CCSC3)C2)c1. The molecular weight excluding hydrogens is 294 g/mol. The number of hydrogen-bond donors (Lipinski definition) is 1. The summed E-state index contributed by atoms with van der Waals surface area (Å²) in [6.07, 6.45) is 2.14. The first-order valence-corrected chi connectivity index (χ1v) is 9.53. The lowest BCUT2D eigenvalue weighted by atomic mass is 9.93. The van der Waals surface area contributed by atoms with Gasteiger partial charge in [-0.2, -0.15) is 11.8 Å². The van der Waals surface area contributed by atoms with Gasteiger partial charge in [-0.05, 0) is 43.2 Å². The highest BCUT2D eigenvalue weighted by atomic mass is 32.2. The summed E-state index contributed by atoms with van der Waals surface area (Å²) in [6, 6.07) is 6.60. The number of nitrogen functional groups attached to an aromatic ring is 1. The number of hydrogen-bond acceptors (Lipinski definition) is 5. The number of ether oxygens (including phenoxy) is 1. The zero-order valence-corrected chi connectivity index (χ0v) is 12.9. The second-order valence-corrected chi connectivity index (χ2v) is 8.90. The van der Waals surface area contributed by atoms with Crippen molar-refractivity contribution in [1.29, 1.82) is 0 Å². The summed E-state index contributed by atoms with van der Waals surface area (Å²) in [6.45, 7) is 0.534. The zero-order valence-electron chi connectivity index (χ0n) is 11.2. The molecule has 0 aliphatic carbocycles. The first-order valence-electron chi connectivity index (χ1n) is 6.83. The predicted octanol–water partition coefficient (Wildman–Crippen LogP) is 2.10. The average molecular weight is 313 g/mol. The molecule has 2 N–H and O–H groups in total. The quantitative estimate of drug-likeness (QED) is 0.847. The van der Waals surface area contributed by atoms with Crippen LogP contribution in [0.4, 0.5) is 5.69 Å². The lowest BCUT2D eigenvalue weighted by molar-refractivity contribution is -0.0572. The number of sulfone groups is 1. The standard InChI is InChI=1S/C14H19NO3S2/c15-11-2-1-3-12(8-11)20(16,17)13-4-6-18-14(9-13)5-7-19-10-14/h1-3,8,13H,4-7,9-10,15H2. The minimum Gasteiger partial charge on any atom is -0.399 e. The first kappa shape index (κ1) is 14.2. The van der Waals surface area contributed by atoms with Gasteiger partial charge in [0.15, 0.2) is 9.84 Å². The van der Waals surface area contributed by atoms with Gasteiger partial charge in [0.25, 0.3) is 0 Å². The Morgan fingerprint density at radius 2 is 2.25 bits per heavy atom. The molecule has 20 heavy (non-hydrogen) atoms. The average Bonchev–Trinajstić information content (AvgIpc) is 2.87. The topological polar surface area (TPSA) is 69.4 Å². The maximum Gasteiger partial charge on any atom is 0.181 e. The minimum absolute atomic E-state index is 0.221. The van der Waals surface area contributed by atoms with Crippen molar-refractivity contribution < 1.29 is 13.2 Å². The summed E-state index contributed by atoms with van der Waals surface area (Å²) in [4.78, 5) is 0.338. The Balaban J connectivity index is 1.87. The number of thioether (sulfide) groups is 1. The molecular formula is C14H19NO3S2. The molecule has 0 bridgehead atoms. The van der Waals surface area contributed by atoms with Crippen molar-refractivity contribution in [2.24, 2.45) is 0 Å². The van der Waals surface area contributed by atoms with E-state index in [0.717, 1.165) is 17.9 Å². The third-order valence-electron chi connectivity index (χ3n) is 4.14. The Morgan fingerprint density at radius 1 is 1.40 bits per heavy atom. The fourth-order valence-electron chi connectivity index (χ4n) is 2.99. The fourth-order valence-corrected chi connectivity index (χ4v) is 6.26. The largest absolute Gasteiger partial charge is 0.399 e. The Bertz CT molecular complexity index is 594. The molecule has 2 fully saturated rings. The highest BCUT2D eigenvalue weighted by Crippen LogP contribution is 2.41. The molecule has 2 saturated heterocycles. The highest BCUT2D eigenvalue weighted by molar-refractivity contribution is 7.99. The van der Waals surface area contributed by atoms with Crippen LogP contribution in [0.3, 0.4) is 0 Å². The molecule has 1 aromatic carbocycles. The molecule has 2 heterocycles. The van der Waals surface area contributed by atoms with Crippen LogP contribution in [-0.4, -0.2) is 37.4 Å². The number of rotatable bonds is 2. The minimum atomic E-state index is -3.32. The van der Waals surface area contributed by atoms with Crippen LogP contribution in [0.15, 0.2) is 29.2 Å². The van der Waals surface area contributed by atoms with Crippen molar-refractivity contribution in [3.63, 3.8) is 0 Å². The summed E-state index contributed by atoms with van der Waals surface area (Å²) in [5.41, 5.74) is 5.98. The first-order chi connectivity index (χ1) is 9.52. The van der Waals surface area contributed by atoms with E-state index in [4.69, 9.17) is 10.5 Å². The molecule has 1 aromatic rings. The molecule has 2 unspecified atom stereocenters. The van der Waals surface area contributed by atoms with Gasteiger partial charge >= 0.3 is 0 Å². The molecule has 0 radical (unpaired) electrons. The van der Waals surface area contributed by atoms with Crippen molar-refractivity contribution in [3.05, 3.63) is 24.3 Å². The van der Waals surface area contributed by atoms with E-state index in [9.17, 15) is 8.42 Å². The van der Waals surface area contributed by atoms with Gasteiger partial charge in [0.1, 0.15) is 0 Å². The van der Waals surface area contributed by atoms with E-state index in [1.165, 1.54) is 0 Å². The smallest absolute Gasteiger partial charge is 0.181 e. The predicted molar refractivity (Wildman–Crippen MR) is 81.7 cm³/mol. The highest BCUT2D eigenvalue weighted by Gasteiger charge is 2.44. The molecule has 4 nitrogen and oxygen atoms in total. The molecule has 0 saturated carbocycles. The molecule has 0 amide bonds. The summed E-state index contributed by atoms with van der Waals surface area (Å²) in [5.74, 6) is 1.97. The van der Waals surface area contributed by atoms with Crippen molar-refractivity contribution in [3.8, 4) is 0 Å². The second kappa shape index (κ2) is 5.24. The molecule has 6 heteroatoms. The van der Waals surface area contributed by atoms with Crippen molar-refractivity contribution in [2.45, 2.75) is 35.0 Å². The van der Waals surface area contributed by atoms with Crippen LogP contribution in [-0.2, 0) is 14.6 Å². The van der Waals surface area contributed by atoms with Crippen molar-refractivity contribution in [1.82, 2.24) is 0 Å². The third kappa shape index (κ3) is 2.56. The molecule has 0 aromatic heterocycles. The third-order valence-corrected chi connectivity index (χ3v) is 7.55. The normalized spacial score (nSPS) is 30.7.